The van der Waals surface area contributed by atoms with Crippen LogP contribution in [0.1, 0.15) is 66.3 Å². The van der Waals surface area contributed by atoms with Gasteiger partial charge in [-0.25, -0.2) is 0 Å². The van der Waals surface area contributed by atoms with Crippen molar-refractivity contribution < 1.29 is 0 Å². The summed E-state index contributed by atoms with van der Waals surface area (Å²) in [5.74, 6) is 2.73. The first-order chi connectivity index (χ1) is 33.1. The minimum absolute atomic E-state index is 0.341. The van der Waals surface area contributed by atoms with E-state index in [1.54, 1.807) is 5.56 Å². The summed E-state index contributed by atoms with van der Waals surface area (Å²) < 4.78 is 2.44. The lowest BCUT2D eigenvalue weighted by atomic mass is 9.48. The van der Waals surface area contributed by atoms with E-state index < -0.39 is 5.41 Å². The fourth-order valence-electron chi connectivity index (χ4n) is 14.3. The van der Waals surface area contributed by atoms with Crippen LogP contribution in [0, 0.1) is 17.8 Å². The highest BCUT2D eigenvalue weighted by atomic mass is 15.1. The second-order valence-corrected chi connectivity index (χ2v) is 20.3. The first-order valence-corrected chi connectivity index (χ1v) is 24.6. The van der Waals surface area contributed by atoms with Gasteiger partial charge in [0.15, 0.2) is 0 Å². The molecule has 5 aliphatic carbocycles. The van der Waals surface area contributed by atoms with Crippen molar-refractivity contribution in [1.82, 2.24) is 4.57 Å². The Labute approximate surface area is 393 Å². The van der Waals surface area contributed by atoms with Gasteiger partial charge in [0.05, 0.1) is 22.1 Å². The van der Waals surface area contributed by atoms with Crippen LogP contribution in [0.25, 0.3) is 49.7 Å². The van der Waals surface area contributed by atoms with Crippen LogP contribution in [0.4, 0.5) is 17.1 Å². The normalized spacial score (nSPS) is 20.8. The van der Waals surface area contributed by atoms with Crippen LogP contribution in [-0.2, 0) is 10.8 Å². The zero-order chi connectivity index (χ0) is 44.1. The molecule has 322 valence electrons. The first kappa shape index (κ1) is 38.8. The topological polar surface area (TPSA) is 8.17 Å². The van der Waals surface area contributed by atoms with Gasteiger partial charge in [0.25, 0.3) is 0 Å². The third-order valence-corrected chi connectivity index (χ3v) is 16.6. The molecule has 0 aliphatic heterocycles. The van der Waals surface area contributed by atoms with Gasteiger partial charge in [-0.15, -0.1) is 0 Å². The van der Waals surface area contributed by atoms with Crippen LogP contribution in [0.2, 0.25) is 0 Å². The molecular formula is C65H52N2. The highest BCUT2D eigenvalue weighted by Crippen LogP contribution is 2.61. The van der Waals surface area contributed by atoms with E-state index in [9.17, 15) is 0 Å². The van der Waals surface area contributed by atoms with Gasteiger partial charge >= 0.3 is 0 Å². The van der Waals surface area contributed by atoms with Crippen molar-refractivity contribution in [2.45, 2.75) is 49.4 Å². The van der Waals surface area contributed by atoms with Crippen molar-refractivity contribution in [2.24, 2.45) is 17.8 Å². The summed E-state index contributed by atoms with van der Waals surface area (Å²) in [4.78, 5) is 2.51. The van der Waals surface area contributed by atoms with E-state index in [1.165, 1.54) is 116 Å². The maximum absolute atomic E-state index is 2.51. The third-order valence-electron chi connectivity index (χ3n) is 16.6. The Morgan fingerprint density at radius 3 is 1.46 bits per heavy atom. The summed E-state index contributed by atoms with van der Waals surface area (Å²) in [6.45, 7) is 0. The molecule has 4 fully saturated rings. The SMILES string of the molecule is c1ccc(C2(c3ccccc3)c3ccccc3-c3ccc(N(c4ccc(-c5ccccc5-n5c6ccccc6c6ccccc65)cc4)c4ccc(C56CC7CC(CC(C7)C5)C6)cc4)cc32)cc1. The predicted molar refractivity (Wildman–Crippen MR) is 278 cm³/mol. The van der Waals surface area contributed by atoms with Gasteiger partial charge in [-0.05, 0) is 161 Å². The zero-order valence-electron chi connectivity index (χ0n) is 37.7. The van der Waals surface area contributed by atoms with E-state index in [0.29, 0.717) is 5.41 Å². The highest BCUT2D eigenvalue weighted by molar-refractivity contribution is 6.09. The van der Waals surface area contributed by atoms with Crippen LogP contribution in [-0.4, -0.2) is 4.57 Å². The maximum atomic E-state index is 2.51. The second-order valence-electron chi connectivity index (χ2n) is 20.3. The van der Waals surface area contributed by atoms with E-state index in [4.69, 9.17) is 0 Å². The lowest BCUT2D eigenvalue weighted by Crippen LogP contribution is -2.48. The minimum atomic E-state index is -0.487. The average molecular weight is 861 g/mol. The van der Waals surface area contributed by atoms with Gasteiger partial charge in [0.2, 0.25) is 0 Å². The van der Waals surface area contributed by atoms with Gasteiger partial charge < -0.3 is 9.47 Å². The molecule has 4 saturated carbocycles. The van der Waals surface area contributed by atoms with Gasteiger partial charge in [-0.3, -0.25) is 0 Å². The summed E-state index contributed by atoms with van der Waals surface area (Å²) in [5, 5.41) is 2.54. The molecule has 1 aromatic heterocycles. The Morgan fingerprint density at radius 1 is 0.373 bits per heavy atom. The van der Waals surface area contributed by atoms with Crippen molar-refractivity contribution in [1.29, 1.82) is 0 Å². The second kappa shape index (κ2) is 15.1. The molecule has 0 radical (unpaired) electrons. The zero-order valence-corrected chi connectivity index (χ0v) is 37.7. The first-order valence-electron chi connectivity index (χ1n) is 24.6. The predicted octanol–water partition coefficient (Wildman–Crippen LogP) is 16.8. The molecule has 0 N–H and O–H groups in total. The monoisotopic (exact) mass is 860 g/mol. The van der Waals surface area contributed by atoms with Gasteiger partial charge in [-0.2, -0.15) is 0 Å². The van der Waals surface area contributed by atoms with Crippen molar-refractivity contribution in [3.05, 3.63) is 252 Å². The summed E-state index contributed by atoms with van der Waals surface area (Å²) in [6, 6.07) is 84.4. The summed E-state index contributed by atoms with van der Waals surface area (Å²) in [6.07, 6.45) is 8.48. The molecule has 0 unspecified atom stereocenters. The van der Waals surface area contributed by atoms with Crippen LogP contribution < -0.4 is 4.90 Å². The highest BCUT2D eigenvalue weighted by Gasteiger charge is 2.52. The number of aromatic nitrogens is 1. The van der Waals surface area contributed by atoms with Gasteiger partial charge in [0.1, 0.15) is 0 Å². The number of anilines is 3. The Bertz CT molecular complexity index is 3360. The van der Waals surface area contributed by atoms with Crippen molar-refractivity contribution in [3.63, 3.8) is 0 Å². The van der Waals surface area contributed by atoms with Crippen LogP contribution in [0.3, 0.4) is 0 Å². The molecule has 10 aromatic rings. The Morgan fingerprint density at radius 2 is 0.851 bits per heavy atom. The Kier molecular flexibility index (Phi) is 8.72. The number of nitrogens with zero attached hydrogens (tertiary/aromatic N) is 2. The molecule has 0 amide bonds. The van der Waals surface area contributed by atoms with Crippen molar-refractivity contribution in [2.75, 3.05) is 4.90 Å². The van der Waals surface area contributed by atoms with E-state index in [-0.39, 0.29) is 0 Å². The molecule has 9 aromatic carbocycles. The maximum Gasteiger partial charge on any atom is 0.0714 e. The molecule has 67 heavy (non-hydrogen) atoms. The van der Waals surface area contributed by atoms with E-state index in [2.05, 4.69) is 234 Å². The molecule has 1 heterocycles. The third kappa shape index (κ3) is 5.88. The number of rotatable bonds is 8. The number of hydrogen-bond donors (Lipinski definition) is 0. The molecule has 4 bridgehead atoms. The lowest BCUT2D eigenvalue weighted by Gasteiger charge is -2.57. The smallest absolute Gasteiger partial charge is 0.0714 e. The van der Waals surface area contributed by atoms with Crippen molar-refractivity contribution in [3.8, 4) is 27.9 Å². The standard InChI is InChI=1S/C65H52N2/c1-3-15-49(16-4-1)65(50-17-5-2-6-18-50)59-23-11-7-20-55(59)56-36-35-53(40-60(56)65)66(52-33-29-48(30-34-52)64-41-44-37-45(42-64)39-46(38-44)43-64)51-31-27-47(28-32-51)54-19-8-12-24-61(54)67-62-25-13-9-21-57(62)58-22-10-14-26-63(58)67/h1-36,40,44-46H,37-39,41-43H2. The van der Waals surface area contributed by atoms with Gasteiger partial charge in [-0.1, -0.05) is 170 Å². The minimum Gasteiger partial charge on any atom is -0.310 e. The molecule has 0 spiro atoms. The Balaban J connectivity index is 0.933. The number of hydrogen-bond acceptors (Lipinski definition) is 1. The quantitative estimate of drug-likeness (QED) is 0.148. The summed E-state index contributed by atoms with van der Waals surface area (Å²) in [5.41, 5.74) is 18.7. The summed E-state index contributed by atoms with van der Waals surface area (Å²) in [7, 11) is 0. The fraction of sp³-hybridized carbons (Fsp3) is 0.169. The largest absolute Gasteiger partial charge is 0.310 e. The number of para-hydroxylation sites is 3. The van der Waals surface area contributed by atoms with Crippen LogP contribution in [0.15, 0.2) is 224 Å². The number of benzene rings is 9. The van der Waals surface area contributed by atoms with Crippen LogP contribution in [0.5, 0.6) is 0 Å². The van der Waals surface area contributed by atoms with E-state index in [1.807, 2.05) is 0 Å². The lowest BCUT2D eigenvalue weighted by molar-refractivity contribution is -0.00518. The van der Waals surface area contributed by atoms with E-state index in [0.717, 1.165) is 29.1 Å². The molecule has 0 atom stereocenters. The van der Waals surface area contributed by atoms with E-state index >= 15 is 0 Å². The van der Waals surface area contributed by atoms with Crippen molar-refractivity contribution >= 4 is 38.9 Å². The molecule has 15 rings (SSSR count). The summed E-state index contributed by atoms with van der Waals surface area (Å²) >= 11 is 0. The molecule has 0 saturated heterocycles. The van der Waals surface area contributed by atoms with Crippen LogP contribution >= 0.6 is 0 Å². The molecule has 2 heteroatoms. The molecule has 5 aliphatic rings. The molecule has 2 nitrogen and oxygen atoms in total. The fourth-order valence-corrected chi connectivity index (χ4v) is 14.3. The number of fused-ring (bicyclic) bond motifs is 6. The Hall–Kier alpha value is -7.42. The average Bonchev–Trinajstić information content (AvgIpc) is 3.88. The molecular weight excluding hydrogens is 809 g/mol. The van der Waals surface area contributed by atoms with Gasteiger partial charge in [0, 0.05) is 33.4 Å².